The van der Waals surface area contributed by atoms with E-state index in [1.54, 1.807) is 12.1 Å². The van der Waals surface area contributed by atoms with Crippen molar-refractivity contribution in [1.29, 1.82) is 0 Å². The average molecular weight is 527 g/mol. The van der Waals surface area contributed by atoms with E-state index < -0.39 is 12.1 Å². The summed E-state index contributed by atoms with van der Waals surface area (Å²) >= 11 is 0. The number of anilines is 2. The van der Waals surface area contributed by atoms with Crippen LogP contribution in [-0.2, 0) is 4.74 Å². The van der Waals surface area contributed by atoms with E-state index in [2.05, 4.69) is 36.3 Å². The molecule has 38 heavy (non-hydrogen) atoms. The molecule has 2 aliphatic rings. The maximum atomic E-state index is 12.4. The van der Waals surface area contributed by atoms with Gasteiger partial charge in [0.05, 0.1) is 24.9 Å². The number of aromatic nitrogens is 2. The third-order valence-corrected chi connectivity index (χ3v) is 7.12. The van der Waals surface area contributed by atoms with E-state index in [1.165, 1.54) is 4.90 Å². The Hall–Kier alpha value is -3.44. The van der Waals surface area contributed by atoms with Crippen LogP contribution in [0.15, 0.2) is 24.3 Å². The van der Waals surface area contributed by atoms with E-state index in [0.717, 1.165) is 16.9 Å². The van der Waals surface area contributed by atoms with Gasteiger partial charge in [-0.25, -0.2) is 19.6 Å². The van der Waals surface area contributed by atoms with E-state index in [1.807, 2.05) is 19.1 Å². The number of nitrogens with zero attached hydrogens (tertiary/aromatic N) is 4. The lowest BCUT2D eigenvalue weighted by molar-refractivity contribution is 0.0861. The standard InChI is InChI=1S/C27H38N6O5/c1-5-28-25(35)29-18-8-6-17(7-9-18)23-30-22-20(10-13-34)33(26(36)37)16-19(27(2,3)4)21(22)24(31-23)32-11-14-38-15-12-32/h6-9,19-20,34H,5,10-16H2,1-4H3,(H,36,37)(H2,28,29,35)/t19-,20?/m0/s1. The van der Waals surface area contributed by atoms with Crippen molar-refractivity contribution in [3.8, 4) is 11.4 Å². The zero-order valence-corrected chi connectivity index (χ0v) is 22.5. The Balaban J connectivity index is 1.87. The molecule has 0 saturated carbocycles. The summed E-state index contributed by atoms with van der Waals surface area (Å²) in [5, 5.41) is 25.5. The molecule has 0 aliphatic carbocycles. The fourth-order valence-corrected chi connectivity index (χ4v) is 5.14. The van der Waals surface area contributed by atoms with E-state index in [0.29, 0.717) is 56.6 Å². The van der Waals surface area contributed by atoms with Gasteiger partial charge in [0, 0.05) is 55.5 Å². The molecule has 3 amide bonds. The number of carboxylic acid groups (broad SMARTS) is 1. The Morgan fingerprint density at radius 2 is 1.82 bits per heavy atom. The van der Waals surface area contributed by atoms with Gasteiger partial charge < -0.3 is 30.5 Å². The minimum atomic E-state index is -1.03. The number of amides is 3. The number of nitrogens with one attached hydrogen (secondary N) is 2. The first-order valence-electron chi connectivity index (χ1n) is 13.1. The van der Waals surface area contributed by atoms with Gasteiger partial charge in [0.25, 0.3) is 0 Å². The van der Waals surface area contributed by atoms with Gasteiger partial charge in [-0.3, -0.25) is 4.90 Å². The van der Waals surface area contributed by atoms with E-state index >= 15 is 0 Å². The average Bonchev–Trinajstić information content (AvgIpc) is 2.88. The van der Waals surface area contributed by atoms with Crippen LogP contribution in [0.1, 0.15) is 57.3 Å². The third kappa shape index (κ3) is 5.83. The molecule has 1 aromatic heterocycles. The summed E-state index contributed by atoms with van der Waals surface area (Å²) < 4.78 is 5.60. The molecule has 1 unspecified atom stereocenters. The quantitative estimate of drug-likeness (QED) is 0.447. The maximum absolute atomic E-state index is 12.4. The minimum absolute atomic E-state index is 0.140. The molecule has 1 aromatic carbocycles. The fraction of sp³-hybridized carbons (Fsp3) is 0.556. The van der Waals surface area contributed by atoms with Gasteiger partial charge in [-0.05, 0) is 43.0 Å². The van der Waals surface area contributed by atoms with Gasteiger partial charge in [-0.15, -0.1) is 0 Å². The lowest BCUT2D eigenvalue weighted by atomic mass is 9.72. The van der Waals surface area contributed by atoms with Crippen LogP contribution in [0.2, 0.25) is 0 Å². The molecule has 1 fully saturated rings. The number of urea groups is 1. The van der Waals surface area contributed by atoms with Crippen molar-refractivity contribution < 1.29 is 24.5 Å². The van der Waals surface area contributed by atoms with Crippen LogP contribution in [0.25, 0.3) is 11.4 Å². The number of hydrogen-bond acceptors (Lipinski definition) is 7. The first kappa shape index (κ1) is 27.6. The molecule has 1 saturated heterocycles. The lowest BCUT2D eigenvalue weighted by Gasteiger charge is -2.45. The first-order chi connectivity index (χ1) is 18.1. The normalized spacial score (nSPS) is 19.6. The minimum Gasteiger partial charge on any atom is -0.465 e. The van der Waals surface area contributed by atoms with Crippen LogP contribution in [-0.4, -0.2) is 83.2 Å². The van der Waals surface area contributed by atoms with Gasteiger partial charge in [0.2, 0.25) is 0 Å². The predicted molar refractivity (Wildman–Crippen MR) is 145 cm³/mol. The van der Waals surface area contributed by atoms with E-state index in [9.17, 15) is 19.8 Å². The van der Waals surface area contributed by atoms with Crippen LogP contribution >= 0.6 is 0 Å². The maximum Gasteiger partial charge on any atom is 0.407 e. The van der Waals surface area contributed by atoms with E-state index in [-0.39, 0.29) is 30.4 Å². The number of benzene rings is 1. The zero-order chi connectivity index (χ0) is 27.4. The molecule has 0 radical (unpaired) electrons. The Kier molecular flexibility index (Phi) is 8.37. The van der Waals surface area contributed by atoms with Crippen LogP contribution in [0.5, 0.6) is 0 Å². The molecule has 2 aromatic rings. The van der Waals surface area contributed by atoms with Crippen LogP contribution in [0, 0.1) is 5.41 Å². The molecule has 3 heterocycles. The summed E-state index contributed by atoms with van der Waals surface area (Å²) in [6.45, 7) is 11.3. The second-order valence-corrected chi connectivity index (χ2v) is 10.7. The van der Waals surface area contributed by atoms with Gasteiger partial charge in [-0.1, -0.05) is 20.8 Å². The van der Waals surface area contributed by atoms with Crippen molar-refractivity contribution >= 4 is 23.6 Å². The number of carbonyl (C=O) groups excluding carboxylic acids is 1. The molecule has 0 spiro atoms. The van der Waals surface area contributed by atoms with Crippen molar-refractivity contribution in [2.75, 3.05) is 56.2 Å². The molecule has 2 atom stereocenters. The van der Waals surface area contributed by atoms with Crippen LogP contribution in [0.3, 0.4) is 0 Å². The van der Waals surface area contributed by atoms with Crippen LogP contribution in [0.4, 0.5) is 21.1 Å². The summed E-state index contributed by atoms with van der Waals surface area (Å²) in [5.74, 6) is 1.13. The highest BCUT2D eigenvalue weighted by Gasteiger charge is 2.44. The van der Waals surface area contributed by atoms with Crippen molar-refractivity contribution in [3.05, 3.63) is 35.5 Å². The zero-order valence-electron chi connectivity index (χ0n) is 22.5. The Labute approximate surface area is 223 Å². The Bertz CT molecular complexity index is 1140. The number of hydrogen-bond donors (Lipinski definition) is 4. The molecule has 2 aliphatic heterocycles. The number of fused-ring (bicyclic) bond motifs is 1. The molecule has 11 nitrogen and oxygen atoms in total. The highest BCUT2D eigenvalue weighted by molar-refractivity contribution is 5.89. The summed E-state index contributed by atoms with van der Waals surface area (Å²) in [6.07, 6.45) is -0.790. The number of morpholine rings is 1. The molecule has 4 N–H and O–H groups in total. The summed E-state index contributed by atoms with van der Waals surface area (Å²) in [7, 11) is 0. The molecule has 206 valence electrons. The highest BCUT2D eigenvalue weighted by atomic mass is 16.5. The van der Waals surface area contributed by atoms with Gasteiger partial charge in [0.1, 0.15) is 5.82 Å². The SMILES string of the molecule is CCNC(=O)Nc1ccc(-c2nc3c(c(N4CCOCC4)n2)[C@@H](C(C)(C)C)CN(C(=O)O)C3CCO)cc1. The predicted octanol–water partition coefficient (Wildman–Crippen LogP) is 3.67. The Morgan fingerprint density at radius 3 is 2.39 bits per heavy atom. The largest absolute Gasteiger partial charge is 0.465 e. The molecule has 4 rings (SSSR count). The summed E-state index contributed by atoms with van der Waals surface area (Å²) in [4.78, 5) is 37.9. The lowest BCUT2D eigenvalue weighted by Crippen LogP contribution is -2.47. The summed E-state index contributed by atoms with van der Waals surface area (Å²) in [5.41, 5.74) is 2.71. The molecule has 11 heteroatoms. The van der Waals surface area contributed by atoms with Crippen molar-refractivity contribution in [3.63, 3.8) is 0 Å². The van der Waals surface area contributed by atoms with Crippen molar-refractivity contribution in [1.82, 2.24) is 20.2 Å². The molecular weight excluding hydrogens is 488 g/mol. The van der Waals surface area contributed by atoms with Gasteiger partial charge >= 0.3 is 12.1 Å². The smallest absolute Gasteiger partial charge is 0.407 e. The van der Waals surface area contributed by atoms with Crippen molar-refractivity contribution in [2.45, 2.75) is 46.1 Å². The monoisotopic (exact) mass is 526 g/mol. The van der Waals surface area contributed by atoms with E-state index in [4.69, 9.17) is 14.7 Å². The van der Waals surface area contributed by atoms with Gasteiger partial charge in [0.15, 0.2) is 5.82 Å². The number of rotatable bonds is 6. The fourth-order valence-electron chi connectivity index (χ4n) is 5.14. The Morgan fingerprint density at radius 1 is 1.13 bits per heavy atom. The number of carbonyl (C=O) groups is 2. The summed E-state index contributed by atoms with van der Waals surface area (Å²) in [6, 6.07) is 6.38. The second-order valence-electron chi connectivity index (χ2n) is 10.7. The first-order valence-corrected chi connectivity index (χ1v) is 13.1. The topological polar surface area (TPSA) is 140 Å². The number of aliphatic hydroxyl groups is 1. The highest BCUT2D eigenvalue weighted by Crippen LogP contribution is 2.48. The van der Waals surface area contributed by atoms with Crippen LogP contribution < -0.4 is 15.5 Å². The second kappa shape index (κ2) is 11.5. The number of aliphatic hydroxyl groups excluding tert-OH is 1. The molecular formula is C27H38N6O5. The molecule has 0 bridgehead atoms. The van der Waals surface area contributed by atoms with Gasteiger partial charge in [-0.2, -0.15) is 0 Å². The number of ether oxygens (including phenoxy) is 1. The van der Waals surface area contributed by atoms with Crippen molar-refractivity contribution in [2.24, 2.45) is 5.41 Å². The third-order valence-electron chi connectivity index (χ3n) is 7.12.